The molecule has 2 aromatic heterocycles. The van der Waals surface area contributed by atoms with Crippen molar-refractivity contribution in [3.63, 3.8) is 0 Å². The Bertz CT molecular complexity index is 1070. The van der Waals surface area contributed by atoms with Crippen LogP contribution >= 0.6 is 11.3 Å². The van der Waals surface area contributed by atoms with Gasteiger partial charge in [-0.15, -0.1) is 11.3 Å². The Labute approximate surface area is 159 Å². The highest BCUT2D eigenvalue weighted by Gasteiger charge is 2.14. The van der Waals surface area contributed by atoms with Gasteiger partial charge in [-0.05, 0) is 60.2 Å². The zero-order valence-electron chi connectivity index (χ0n) is 14.4. The molecule has 134 valence electrons. The zero-order chi connectivity index (χ0) is 18.8. The van der Waals surface area contributed by atoms with Gasteiger partial charge in [0.2, 0.25) is 0 Å². The Kier molecular flexibility index (Phi) is 4.52. The first-order valence-corrected chi connectivity index (χ1v) is 9.09. The van der Waals surface area contributed by atoms with Crippen LogP contribution in [0.25, 0.3) is 21.8 Å². The fraction of sp³-hybridized carbons (Fsp3) is 0.0500. The molecule has 0 saturated carbocycles. The maximum Gasteiger partial charge on any atom is 0.276 e. The monoisotopic (exact) mass is 378 g/mol. The molecule has 5 nitrogen and oxygen atoms in total. The molecule has 2 heterocycles. The average molecular weight is 378 g/mol. The number of nitrogens with zero attached hydrogens (tertiary/aromatic N) is 3. The summed E-state index contributed by atoms with van der Waals surface area (Å²) in [6.45, 7) is 0. The molecule has 7 heteroatoms. The third kappa shape index (κ3) is 3.63. The second kappa shape index (κ2) is 7.13. The highest BCUT2D eigenvalue weighted by molar-refractivity contribution is 7.13. The van der Waals surface area contributed by atoms with Gasteiger partial charge in [0.15, 0.2) is 5.69 Å². The number of carbonyl (C=O) groups excluding carboxylic acids is 1. The summed E-state index contributed by atoms with van der Waals surface area (Å²) < 4.78 is 14.7. The molecular formula is C20H15FN4OS. The summed E-state index contributed by atoms with van der Waals surface area (Å²) in [6, 6.07) is 15.3. The van der Waals surface area contributed by atoms with E-state index in [9.17, 15) is 9.18 Å². The van der Waals surface area contributed by atoms with Gasteiger partial charge in [0.05, 0.1) is 5.69 Å². The number of hydrogen-bond acceptors (Lipinski definition) is 4. The summed E-state index contributed by atoms with van der Waals surface area (Å²) in [7, 11) is 1.75. The van der Waals surface area contributed by atoms with Gasteiger partial charge in [-0.25, -0.2) is 9.37 Å². The number of carbonyl (C=O) groups is 1. The van der Waals surface area contributed by atoms with E-state index in [1.54, 1.807) is 47.5 Å². The van der Waals surface area contributed by atoms with Crippen LogP contribution in [0.15, 0.2) is 66.2 Å². The lowest BCUT2D eigenvalue weighted by atomic mass is 10.1. The van der Waals surface area contributed by atoms with Crippen molar-refractivity contribution in [1.82, 2.24) is 14.8 Å². The molecule has 1 amide bonds. The molecule has 0 atom stereocenters. The maximum atomic E-state index is 13.1. The molecule has 0 saturated heterocycles. The number of aryl methyl sites for hydroxylation is 1. The lowest BCUT2D eigenvalue weighted by Crippen LogP contribution is -2.12. The Morgan fingerprint density at radius 1 is 1.07 bits per heavy atom. The molecule has 0 aliphatic carbocycles. The van der Waals surface area contributed by atoms with E-state index in [1.807, 2.05) is 29.6 Å². The average Bonchev–Trinajstić information content (AvgIpc) is 3.33. The van der Waals surface area contributed by atoms with E-state index in [0.29, 0.717) is 11.4 Å². The van der Waals surface area contributed by atoms with Crippen molar-refractivity contribution in [2.45, 2.75) is 0 Å². The second-order valence-corrected chi connectivity index (χ2v) is 6.81. The summed E-state index contributed by atoms with van der Waals surface area (Å²) in [4.78, 5) is 16.8. The zero-order valence-corrected chi connectivity index (χ0v) is 15.2. The van der Waals surface area contributed by atoms with Gasteiger partial charge in [-0.3, -0.25) is 9.48 Å². The molecule has 4 rings (SSSR count). The van der Waals surface area contributed by atoms with Crippen LogP contribution in [0, 0.1) is 5.82 Å². The largest absolute Gasteiger partial charge is 0.321 e. The maximum absolute atomic E-state index is 13.1. The Hall–Kier alpha value is -3.32. The first-order chi connectivity index (χ1) is 13.1. The first kappa shape index (κ1) is 17.1. The molecular weight excluding hydrogens is 363 g/mol. The van der Waals surface area contributed by atoms with Crippen LogP contribution in [-0.2, 0) is 7.05 Å². The predicted octanol–water partition coefficient (Wildman–Crippen LogP) is 4.60. The van der Waals surface area contributed by atoms with E-state index in [4.69, 9.17) is 0 Å². The molecule has 1 N–H and O–H groups in total. The van der Waals surface area contributed by atoms with Gasteiger partial charge >= 0.3 is 0 Å². The highest BCUT2D eigenvalue weighted by atomic mass is 32.1. The summed E-state index contributed by atoms with van der Waals surface area (Å²) in [6.07, 6.45) is 1.76. The first-order valence-electron chi connectivity index (χ1n) is 8.21. The summed E-state index contributed by atoms with van der Waals surface area (Å²) in [5.74, 6) is -0.610. The fourth-order valence-corrected chi connectivity index (χ4v) is 3.37. The van der Waals surface area contributed by atoms with Crippen molar-refractivity contribution in [3.05, 3.63) is 77.7 Å². The number of amides is 1. The predicted molar refractivity (Wildman–Crippen MR) is 104 cm³/mol. The molecule has 0 unspecified atom stereocenters. The van der Waals surface area contributed by atoms with Crippen molar-refractivity contribution in [3.8, 4) is 21.8 Å². The van der Waals surface area contributed by atoms with Gasteiger partial charge < -0.3 is 5.32 Å². The summed E-state index contributed by atoms with van der Waals surface area (Å²) in [5, 5.41) is 9.96. The van der Waals surface area contributed by atoms with E-state index in [-0.39, 0.29) is 11.7 Å². The van der Waals surface area contributed by atoms with Crippen LogP contribution in [0.1, 0.15) is 10.5 Å². The van der Waals surface area contributed by atoms with E-state index >= 15 is 0 Å². The smallest absolute Gasteiger partial charge is 0.276 e. The second-order valence-electron chi connectivity index (χ2n) is 5.91. The number of rotatable bonds is 4. The van der Waals surface area contributed by atoms with E-state index in [1.165, 1.54) is 12.1 Å². The molecule has 0 aliphatic rings. The van der Waals surface area contributed by atoms with Crippen LogP contribution in [0.5, 0.6) is 0 Å². The van der Waals surface area contributed by atoms with Crippen LogP contribution < -0.4 is 5.32 Å². The van der Waals surface area contributed by atoms with Gasteiger partial charge in [0.25, 0.3) is 5.91 Å². The molecule has 4 aromatic rings. The molecule has 0 bridgehead atoms. The van der Waals surface area contributed by atoms with Gasteiger partial charge in [-0.1, -0.05) is 0 Å². The molecule has 27 heavy (non-hydrogen) atoms. The van der Waals surface area contributed by atoms with Crippen molar-refractivity contribution in [2.75, 3.05) is 5.32 Å². The van der Waals surface area contributed by atoms with Gasteiger partial charge in [-0.2, -0.15) is 5.10 Å². The third-order valence-corrected chi connectivity index (χ3v) is 4.90. The number of nitrogens with one attached hydrogen (secondary N) is 1. The lowest BCUT2D eigenvalue weighted by molar-refractivity contribution is 0.102. The van der Waals surface area contributed by atoms with E-state index in [0.717, 1.165) is 21.8 Å². The Morgan fingerprint density at radius 2 is 1.78 bits per heavy atom. The van der Waals surface area contributed by atoms with Gasteiger partial charge in [0, 0.05) is 29.9 Å². The fourth-order valence-electron chi connectivity index (χ4n) is 2.73. The number of hydrogen-bond donors (Lipinski definition) is 1. The quantitative estimate of drug-likeness (QED) is 0.564. The number of thiazole rings is 1. The van der Waals surface area contributed by atoms with Crippen molar-refractivity contribution >= 4 is 22.9 Å². The van der Waals surface area contributed by atoms with Crippen LogP contribution in [-0.4, -0.2) is 20.7 Å². The standard InChI is InChI=1S/C20H15FN4OS/c1-25-18(13-2-6-15(21)7-3-13)12-17(24-25)19(26)23-16-8-4-14(5-9-16)20-22-10-11-27-20/h2-12H,1H3,(H,23,26). The van der Waals surface area contributed by atoms with Crippen LogP contribution in [0.2, 0.25) is 0 Å². The van der Waals surface area contributed by atoms with E-state index in [2.05, 4.69) is 15.4 Å². The van der Waals surface area contributed by atoms with Crippen molar-refractivity contribution < 1.29 is 9.18 Å². The number of anilines is 1. The molecule has 0 spiro atoms. The van der Waals surface area contributed by atoms with Crippen molar-refractivity contribution in [1.29, 1.82) is 0 Å². The number of aromatic nitrogens is 3. The number of benzene rings is 2. The number of halogens is 1. The van der Waals surface area contributed by atoms with Crippen LogP contribution in [0.4, 0.5) is 10.1 Å². The Balaban J connectivity index is 1.52. The minimum atomic E-state index is -0.305. The Morgan fingerprint density at radius 3 is 2.44 bits per heavy atom. The minimum absolute atomic E-state index is 0.292. The topological polar surface area (TPSA) is 59.8 Å². The van der Waals surface area contributed by atoms with E-state index < -0.39 is 0 Å². The molecule has 0 fully saturated rings. The minimum Gasteiger partial charge on any atom is -0.321 e. The highest BCUT2D eigenvalue weighted by Crippen LogP contribution is 2.24. The molecule has 2 aromatic carbocycles. The van der Waals surface area contributed by atoms with Crippen molar-refractivity contribution in [2.24, 2.45) is 7.05 Å². The van der Waals surface area contributed by atoms with Gasteiger partial charge in [0.1, 0.15) is 10.8 Å². The SMILES string of the molecule is Cn1nc(C(=O)Nc2ccc(-c3nccs3)cc2)cc1-c1ccc(F)cc1. The van der Waals surface area contributed by atoms with Crippen LogP contribution in [0.3, 0.4) is 0 Å². The molecule has 0 radical (unpaired) electrons. The third-order valence-electron chi connectivity index (χ3n) is 4.07. The normalized spacial score (nSPS) is 10.7. The lowest BCUT2D eigenvalue weighted by Gasteiger charge is -2.04. The summed E-state index contributed by atoms with van der Waals surface area (Å²) >= 11 is 1.56. The summed E-state index contributed by atoms with van der Waals surface area (Å²) in [5.41, 5.74) is 3.49. The molecule has 0 aliphatic heterocycles.